The zero-order valence-corrected chi connectivity index (χ0v) is 13.0. The molecule has 106 valence electrons. The number of hydrogen-bond acceptors (Lipinski definition) is 3. The van der Waals surface area contributed by atoms with E-state index in [9.17, 15) is 0 Å². The molecule has 1 saturated carbocycles. The Hall–Kier alpha value is -0.380. The molecule has 1 aliphatic rings. The lowest BCUT2D eigenvalue weighted by molar-refractivity contribution is 0.319. The molecule has 0 radical (unpaired) electrons. The van der Waals surface area contributed by atoms with Crippen molar-refractivity contribution in [3.8, 4) is 5.75 Å². The zero-order chi connectivity index (χ0) is 13.5. The Morgan fingerprint density at radius 2 is 2.26 bits per heavy atom. The van der Waals surface area contributed by atoms with E-state index < -0.39 is 0 Å². The summed E-state index contributed by atoms with van der Waals surface area (Å²) >= 11 is 8.19. The zero-order valence-electron chi connectivity index (χ0n) is 11.5. The van der Waals surface area contributed by atoms with E-state index in [2.05, 4.69) is 18.3 Å². The third kappa shape index (κ3) is 5.64. The Morgan fingerprint density at radius 3 is 2.95 bits per heavy atom. The molecule has 4 heteroatoms. The molecule has 0 unspecified atom stereocenters. The van der Waals surface area contributed by atoms with E-state index in [1.54, 1.807) is 0 Å². The van der Waals surface area contributed by atoms with Crippen LogP contribution >= 0.6 is 23.4 Å². The topological polar surface area (TPSA) is 21.3 Å². The second kappa shape index (κ2) is 8.03. The highest BCUT2D eigenvalue weighted by Gasteiger charge is 2.19. The van der Waals surface area contributed by atoms with Crippen LogP contribution in [0.15, 0.2) is 18.2 Å². The highest BCUT2D eigenvalue weighted by molar-refractivity contribution is 7.99. The molecule has 0 heterocycles. The maximum atomic E-state index is 6.24. The number of hydrogen-bond donors (Lipinski definition) is 1. The molecule has 1 aromatic carbocycles. The van der Waals surface area contributed by atoms with Gasteiger partial charge in [-0.25, -0.2) is 0 Å². The van der Waals surface area contributed by atoms with Crippen LogP contribution in [0.5, 0.6) is 5.75 Å². The molecule has 0 saturated heterocycles. The van der Waals surface area contributed by atoms with E-state index in [0.29, 0.717) is 0 Å². The molecule has 1 aromatic rings. The average Bonchev–Trinajstić information content (AvgIpc) is 3.22. The number of benzene rings is 1. The lowest BCUT2D eigenvalue weighted by atomic mass is 10.2. The SMILES string of the molecule is CCSCCCOc1ccc(CNC2CC2)cc1Cl. The molecular formula is C15H22ClNOS. The number of nitrogens with one attached hydrogen (secondary N) is 1. The first-order valence-corrected chi connectivity index (χ1v) is 8.55. The van der Waals surface area contributed by atoms with Gasteiger partial charge in [0.1, 0.15) is 5.75 Å². The van der Waals surface area contributed by atoms with E-state index in [-0.39, 0.29) is 0 Å². The standard InChI is InChI=1S/C15H22ClNOS/c1-2-19-9-3-8-18-15-7-4-12(10-14(15)16)11-17-13-5-6-13/h4,7,10,13,17H,2-3,5-6,8-9,11H2,1H3. The van der Waals surface area contributed by atoms with Gasteiger partial charge in [0.15, 0.2) is 0 Å². The summed E-state index contributed by atoms with van der Waals surface area (Å²) in [7, 11) is 0. The van der Waals surface area contributed by atoms with Crippen molar-refractivity contribution in [3.63, 3.8) is 0 Å². The highest BCUT2D eigenvalue weighted by Crippen LogP contribution is 2.26. The molecule has 1 fully saturated rings. The van der Waals surface area contributed by atoms with Crippen LogP contribution in [0.25, 0.3) is 0 Å². The van der Waals surface area contributed by atoms with Crippen LogP contribution in [0.4, 0.5) is 0 Å². The second-order valence-corrected chi connectivity index (χ2v) is 6.62. The summed E-state index contributed by atoms with van der Waals surface area (Å²) in [5.74, 6) is 3.12. The monoisotopic (exact) mass is 299 g/mol. The molecule has 2 rings (SSSR count). The van der Waals surface area contributed by atoms with Gasteiger partial charge in [0, 0.05) is 12.6 Å². The van der Waals surface area contributed by atoms with Gasteiger partial charge in [-0.1, -0.05) is 24.6 Å². The Kier molecular flexibility index (Phi) is 6.35. The molecule has 1 aliphatic carbocycles. The molecule has 0 amide bonds. The maximum Gasteiger partial charge on any atom is 0.137 e. The summed E-state index contributed by atoms with van der Waals surface area (Å²) in [5, 5.41) is 4.20. The van der Waals surface area contributed by atoms with Crippen LogP contribution in [0.1, 0.15) is 31.7 Å². The third-order valence-corrected chi connectivity index (χ3v) is 4.34. The van der Waals surface area contributed by atoms with Crippen molar-refractivity contribution in [2.45, 2.75) is 38.8 Å². The summed E-state index contributed by atoms with van der Waals surface area (Å²) in [4.78, 5) is 0. The van der Waals surface area contributed by atoms with Crippen LogP contribution < -0.4 is 10.1 Å². The smallest absolute Gasteiger partial charge is 0.137 e. The first-order valence-electron chi connectivity index (χ1n) is 7.02. The van der Waals surface area contributed by atoms with Gasteiger partial charge < -0.3 is 10.1 Å². The van der Waals surface area contributed by atoms with Crippen molar-refractivity contribution in [2.75, 3.05) is 18.1 Å². The van der Waals surface area contributed by atoms with Crippen LogP contribution in [0, 0.1) is 0 Å². The van der Waals surface area contributed by atoms with Crippen LogP contribution in [0.2, 0.25) is 5.02 Å². The highest BCUT2D eigenvalue weighted by atomic mass is 35.5. The van der Waals surface area contributed by atoms with E-state index in [1.165, 1.54) is 24.2 Å². The van der Waals surface area contributed by atoms with Crippen LogP contribution in [-0.2, 0) is 6.54 Å². The normalized spacial score (nSPS) is 14.6. The lowest BCUT2D eigenvalue weighted by Crippen LogP contribution is -2.15. The molecule has 2 nitrogen and oxygen atoms in total. The molecule has 0 aromatic heterocycles. The fourth-order valence-corrected chi connectivity index (χ4v) is 2.68. The first-order chi connectivity index (χ1) is 9.29. The van der Waals surface area contributed by atoms with Gasteiger partial charge in [0.05, 0.1) is 11.6 Å². The Balaban J connectivity index is 1.73. The van der Waals surface area contributed by atoms with Crippen molar-refractivity contribution in [3.05, 3.63) is 28.8 Å². The molecule has 0 spiro atoms. The second-order valence-electron chi connectivity index (χ2n) is 4.82. The fourth-order valence-electron chi connectivity index (χ4n) is 1.81. The molecular weight excluding hydrogens is 278 g/mol. The van der Waals surface area contributed by atoms with Gasteiger partial charge >= 0.3 is 0 Å². The third-order valence-electron chi connectivity index (χ3n) is 3.06. The van der Waals surface area contributed by atoms with Gasteiger partial charge in [0.2, 0.25) is 0 Å². The summed E-state index contributed by atoms with van der Waals surface area (Å²) in [5.41, 5.74) is 1.23. The van der Waals surface area contributed by atoms with Gasteiger partial charge in [-0.05, 0) is 48.5 Å². The first kappa shape index (κ1) is 15.0. The fraction of sp³-hybridized carbons (Fsp3) is 0.600. The minimum absolute atomic E-state index is 0.721. The lowest BCUT2D eigenvalue weighted by Gasteiger charge is -2.10. The van der Waals surface area contributed by atoms with Crippen molar-refractivity contribution in [2.24, 2.45) is 0 Å². The van der Waals surface area contributed by atoms with Crippen molar-refractivity contribution >= 4 is 23.4 Å². The average molecular weight is 300 g/mol. The molecule has 0 aliphatic heterocycles. The number of halogens is 1. The molecule has 19 heavy (non-hydrogen) atoms. The van der Waals surface area contributed by atoms with Crippen molar-refractivity contribution in [1.82, 2.24) is 5.32 Å². The van der Waals surface area contributed by atoms with Crippen molar-refractivity contribution in [1.29, 1.82) is 0 Å². The number of thioether (sulfide) groups is 1. The van der Waals surface area contributed by atoms with E-state index in [4.69, 9.17) is 16.3 Å². The summed E-state index contributed by atoms with van der Waals surface area (Å²) < 4.78 is 5.71. The quantitative estimate of drug-likeness (QED) is 0.693. The largest absolute Gasteiger partial charge is 0.492 e. The van der Waals surface area contributed by atoms with Crippen LogP contribution in [0.3, 0.4) is 0 Å². The number of rotatable bonds is 9. The minimum atomic E-state index is 0.721. The predicted molar refractivity (Wildman–Crippen MR) is 84.4 cm³/mol. The van der Waals surface area contributed by atoms with Gasteiger partial charge in [0.25, 0.3) is 0 Å². The van der Waals surface area contributed by atoms with Crippen LogP contribution in [-0.4, -0.2) is 24.2 Å². The summed E-state index contributed by atoms with van der Waals surface area (Å²) in [6, 6.07) is 6.81. The Bertz CT molecular complexity index is 396. The molecule has 1 N–H and O–H groups in total. The van der Waals surface area contributed by atoms with E-state index >= 15 is 0 Å². The van der Waals surface area contributed by atoms with E-state index in [1.807, 2.05) is 23.9 Å². The maximum absolute atomic E-state index is 6.24. The van der Waals surface area contributed by atoms with Gasteiger partial charge in [-0.2, -0.15) is 11.8 Å². The van der Waals surface area contributed by atoms with E-state index in [0.717, 1.165) is 42.1 Å². The Labute approximate surface area is 125 Å². The Morgan fingerprint density at radius 1 is 1.42 bits per heavy atom. The number of ether oxygens (including phenoxy) is 1. The van der Waals surface area contributed by atoms with Gasteiger partial charge in [-0.3, -0.25) is 0 Å². The van der Waals surface area contributed by atoms with Gasteiger partial charge in [-0.15, -0.1) is 0 Å². The van der Waals surface area contributed by atoms with Crippen molar-refractivity contribution < 1.29 is 4.74 Å². The summed E-state index contributed by atoms with van der Waals surface area (Å²) in [6.45, 7) is 3.82. The molecule has 0 bridgehead atoms. The minimum Gasteiger partial charge on any atom is -0.492 e. The summed E-state index contributed by atoms with van der Waals surface area (Å²) in [6.07, 6.45) is 3.69. The predicted octanol–water partition coefficient (Wildman–Crippen LogP) is 4.11. The molecule has 0 atom stereocenters.